The van der Waals surface area contributed by atoms with Crippen LogP contribution in [0.4, 0.5) is 10.8 Å². The van der Waals surface area contributed by atoms with Gasteiger partial charge < -0.3 is 10.6 Å². The summed E-state index contributed by atoms with van der Waals surface area (Å²) in [5.74, 6) is -0.124. The first-order chi connectivity index (χ1) is 11.9. The normalized spacial score (nSPS) is 11.8. The molecule has 2 rings (SSSR count). The van der Waals surface area contributed by atoms with Gasteiger partial charge in [-0.15, -0.1) is 10.2 Å². The number of benzene rings is 1. The lowest BCUT2D eigenvalue weighted by atomic mass is 10.1. The molecule has 0 aliphatic carbocycles. The number of hydrogen-bond donors (Lipinski definition) is 2. The molecule has 0 unspecified atom stereocenters. The van der Waals surface area contributed by atoms with Gasteiger partial charge in [-0.05, 0) is 31.0 Å². The Morgan fingerprint density at radius 1 is 1.32 bits per heavy atom. The number of carbonyl (C=O) groups is 2. The first kappa shape index (κ1) is 19.7. The Morgan fingerprint density at radius 3 is 2.76 bits per heavy atom. The summed E-state index contributed by atoms with van der Waals surface area (Å²) >= 11 is 8.55. The second-order valence-corrected chi connectivity index (χ2v) is 8.08. The highest BCUT2D eigenvalue weighted by Crippen LogP contribution is 2.26. The van der Waals surface area contributed by atoms with Crippen molar-refractivity contribution in [3.63, 3.8) is 0 Å². The Labute approximate surface area is 159 Å². The number of hydrogen-bond acceptors (Lipinski definition) is 6. The van der Waals surface area contributed by atoms with E-state index in [2.05, 4.69) is 20.8 Å². The number of amides is 2. The third-order valence-electron chi connectivity index (χ3n) is 3.48. The molecule has 0 radical (unpaired) electrons. The minimum atomic E-state index is -0.162. The molecule has 0 saturated carbocycles. The molecule has 0 aliphatic rings. The molecule has 1 aromatic heterocycles. The van der Waals surface area contributed by atoms with Gasteiger partial charge in [0.15, 0.2) is 4.34 Å². The zero-order valence-electron chi connectivity index (χ0n) is 14.1. The van der Waals surface area contributed by atoms with Crippen molar-refractivity contribution in [2.24, 2.45) is 5.92 Å². The van der Waals surface area contributed by atoms with Gasteiger partial charge in [-0.25, -0.2) is 0 Å². The SMILES string of the molecule is CC[C@H](C)C(=O)Nc1nnc(SCC(=O)Nc2ccc(C)c(Cl)c2)s1. The molecule has 2 aromatic rings. The van der Waals surface area contributed by atoms with Crippen LogP contribution in [0.5, 0.6) is 0 Å². The maximum atomic E-state index is 12.0. The summed E-state index contributed by atoms with van der Waals surface area (Å²) in [5.41, 5.74) is 1.61. The number of rotatable bonds is 7. The monoisotopic (exact) mass is 398 g/mol. The molecular weight excluding hydrogens is 380 g/mol. The number of nitrogens with zero attached hydrogens (tertiary/aromatic N) is 2. The van der Waals surface area contributed by atoms with Crippen molar-refractivity contribution in [1.29, 1.82) is 0 Å². The highest BCUT2D eigenvalue weighted by Gasteiger charge is 2.14. The highest BCUT2D eigenvalue weighted by molar-refractivity contribution is 8.01. The summed E-state index contributed by atoms with van der Waals surface area (Å²) in [6, 6.07) is 5.37. The smallest absolute Gasteiger partial charge is 0.234 e. The summed E-state index contributed by atoms with van der Waals surface area (Å²) < 4.78 is 0.622. The van der Waals surface area contributed by atoms with Crippen LogP contribution in [0.3, 0.4) is 0 Å². The van der Waals surface area contributed by atoms with E-state index < -0.39 is 0 Å². The van der Waals surface area contributed by atoms with Crippen molar-refractivity contribution >= 4 is 57.3 Å². The van der Waals surface area contributed by atoms with E-state index in [-0.39, 0.29) is 23.5 Å². The molecule has 9 heteroatoms. The van der Waals surface area contributed by atoms with E-state index in [1.165, 1.54) is 23.1 Å². The van der Waals surface area contributed by atoms with Gasteiger partial charge in [0.25, 0.3) is 0 Å². The lowest BCUT2D eigenvalue weighted by Gasteiger charge is -2.06. The Morgan fingerprint density at radius 2 is 2.08 bits per heavy atom. The Kier molecular flexibility index (Phi) is 7.22. The number of carbonyl (C=O) groups excluding carboxylic acids is 2. The fourth-order valence-electron chi connectivity index (χ4n) is 1.73. The van der Waals surface area contributed by atoms with Gasteiger partial charge in [-0.2, -0.15) is 0 Å². The van der Waals surface area contributed by atoms with Crippen LogP contribution in [0.1, 0.15) is 25.8 Å². The number of halogens is 1. The zero-order valence-corrected chi connectivity index (χ0v) is 16.5. The van der Waals surface area contributed by atoms with Crippen molar-refractivity contribution in [3.05, 3.63) is 28.8 Å². The van der Waals surface area contributed by atoms with Crippen LogP contribution in [0, 0.1) is 12.8 Å². The number of nitrogens with one attached hydrogen (secondary N) is 2. The van der Waals surface area contributed by atoms with Gasteiger partial charge >= 0.3 is 0 Å². The van der Waals surface area contributed by atoms with Gasteiger partial charge in [0.05, 0.1) is 5.75 Å². The second kappa shape index (κ2) is 9.17. The molecule has 2 amide bonds. The minimum Gasteiger partial charge on any atom is -0.325 e. The zero-order chi connectivity index (χ0) is 18.4. The molecule has 1 atom stereocenters. The number of anilines is 2. The molecule has 0 aliphatic heterocycles. The molecule has 6 nitrogen and oxygen atoms in total. The van der Waals surface area contributed by atoms with E-state index in [1.54, 1.807) is 12.1 Å². The van der Waals surface area contributed by atoms with Crippen molar-refractivity contribution in [2.45, 2.75) is 31.5 Å². The van der Waals surface area contributed by atoms with Gasteiger partial charge in [0.2, 0.25) is 16.9 Å². The van der Waals surface area contributed by atoms with E-state index in [4.69, 9.17) is 11.6 Å². The van der Waals surface area contributed by atoms with E-state index in [0.717, 1.165) is 12.0 Å². The Bertz CT molecular complexity index is 766. The van der Waals surface area contributed by atoms with Crippen LogP contribution in [0.15, 0.2) is 22.5 Å². The molecule has 0 fully saturated rings. The summed E-state index contributed by atoms with van der Waals surface area (Å²) in [7, 11) is 0. The standard InChI is InChI=1S/C16H19ClN4O2S2/c1-4-9(2)14(23)19-15-20-21-16(25-15)24-8-13(22)18-11-6-5-10(3)12(17)7-11/h5-7,9H,4,8H2,1-3H3,(H,18,22)(H,19,20,23)/t9-/m0/s1. The largest absolute Gasteiger partial charge is 0.325 e. The maximum absolute atomic E-state index is 12.0. The third-order valence-corrected chi connectivity index (χ3v) is 5.86. The lowest BCUT2D eigenvalue weighted by molar-refractivity contribution is -0.119. The first-order valence-corrected chi connectivity index (χ1v) is 9.90. The van der Waals surface area contributed by atoms with Crippen LogP contribution in [0.2, 0.25) is 5.02 Å². The average molecular weight is 399 g/mol. The Balaban J connectivity index is 1.83. The number of thioether (sulfide) groups is 1. The molecule has 25 heavy (non-hydrogen) atoms. The summed E-state index contributed by atoms with van der Waals surface area (Å²) in [4.78, 5) is 23.8. The molecule has 1 heterocycles. The van der Waals surface area contributed by atoms with Crippen LogP contribution < -0.4 is 10.6 Å². The summed E-state index contributed by atoms with van der Waals surface area (Å²) in [6.07, 6.45) is 0.759. The molecule has 0 spiro atoms. The molecule has 2 N–H and O–H groups in total. The summed E-state index contributed by atoms with van der Waals surface area (Å²) in [6.45, 7) is 5.70. The predicted molar refractivity (Wildman–Crippen MR) is 104 cm³/mol. The molecular formula is C16H19ClN4O2S2. The van der Waals surface area contributed by atoms with Crippen LogP contribution in [-0.4, -0.2) is 27.8 Å². The maximum Gasteiger partial charge on any atom is 0.234 e. The van der Waals surface area contributed by atoms with E-state index in [1.807, 2.05) is 26.8 Å². The quantitative estimate of drug-likeness (QED) is 0.539. The van der Waals surface area contributed by atoms with Crippen LogP contribution in [-0.2, 0) is 9.59 Å². The van der Waals surface area contributed by atoms with Crippen molar-refractivity contribution < 1.29 is 9.59 Å². The van der Waals surface area contributed by atoms with E-state index in [9.17, 15) is 9.59 Å². The summed E-state index contributed by atoms with van der Waals surface area (Å²) in [5, 5.41) is 14.5. The minimum absolute atomic E-state index is 0.0767. The van der Waals surface area contributed by atoms with Gasteiger partial charge in [0.1, 0.15) is 0 Å². The predicted octanol–water partition coefficient (Wildman–Crippen LogP) is 4.22. The van der Waals surface area contributed by atoms with Crippen LogP contribution in [0.25, 0.3) is 0 Å². The van der Waals surface area contributed by atoms with E-state index in [0.29, 0.717) is 20.2 Å². The molecule has 134 valence electrons. The fraction of sp³-hybridized carbons (Fsp3) is 0.375. The second-order valence-electron chi connectivity index (χ2n) is 5.47. The number of aromatic nitrogens is 2. The lowest BCUT2D eigenvalue weighted by Crippen LogP contribution is -2.19. The third kappa shape index (κ3) is 5.98. The van der Waals surface area contributed by atoms with Crippen molar-refractivity contribution in [3.8, 4) is 0 Å². The van der Waals surface area contributed by atoms with Crippen LogP contribution >= 0.6 is 34.7 Å². The van der Waals surface area contributed by atoms with E-state index >= 15 is 0 Å². The Hall–Kier alpha value is -1.64. The number of aryl methyl sites for hydroxylation is 1. The first-order valence-electron chi connectivity index (χ1n) is 7.72. The highest BCUT2D eigenvalue weighted by atomic mass is 35.5. The van der Waals surface area contributed by atoms with Gasteiger partial charge in [-0.1, -0.05) is 54.6 Å². The molecule has 1 aromatic carbocycles. The van der Waals surface area contributed by atoms with Crippen molar-refractivity contribution in [1.82, 2.24) is 10.2 Å². The van der Waals surface area contributed by atoms with Crippen molar-refractivity contribution in [2.75, 3.05) is 16.4 Å². The molecule has 0 bridgehead atoms. The van der Waals surface area contributed by atoms with Gasteiger partial charge in [0, 0.05) is 16.6 Å². The average Bonchev–Trinajstić information content (AvgIpc) is 3.03. The molecule has 0 saturated heterocycles. The van der Waals surface area contributed by atoms with Gasteiger partial charge in [-0.3, -0.25) is 9.59 Å². The fourth-order valence-corrected chi connectivity index (χ4v) is 3.46. The topological polar surface area (TPSA) is 84.0 Å².